The van der Waals surface area contributed by atoms with Gasteiger partial charge in [-0.3, -0.25) is 0 Å². The Morgan fingerprint density at radius 1 is 1.19 bits per heavy atom. The number of nitrogens with one attached hydrogen (secondary N) is 1. The number of rotatable bonds is 5. The lowest BCUT2D eigenvalue weighted by atomic mass is 10.2. The molecule has 1 N–H and O–H groups in total. The number of tetrazole rings is 1. The van der Waals surface area contributed by atoms with Crippen LogP contribution in [-0.2, 0) is 13.0 Å². The third kappa shape index (κ3) is 3.11. The van der Waals surface area contributed by atoms with Crippen molar-refractivity contribution >= 4 is 17.0 Å². The molecule has 3 rings (SSSR count). The predicted molar refractivity (Wildman–Crippen MR) is 84.9 cm³/mol. The molecule has 0 atom stereocenters. The van der Waals surface area contributed by atoms with E-state index in [-0.39, 0.29) is 0 Å². The fourth-order valence-electron chi connectivity index (χ4n) is 2.13. The number of hydrogen-bond donors (Lipinski definition) is 1. The average molecular weight is 299 g/mol. The maximum absolute atomic E-state index is 3.95. The summed E-state index contributed by atoms with van der Waals surface area (Å²) in [6.07, 6.45) is 2.71. The Morgan fingerprint density at radius 3 is 2.76 bits per heavy atom. The van der Waals surface area contributed by atoms with E-state index in [1.54, 1.807) is 11.0 Å². The maximum atomic E-state index is 3.95. The summed E-state index contributed by atoms with van der Waals surface area (Å²) < 4.78 is 1.68. The number of anilines is 1. The number of aryl methyl sites for hydroxylation is 2. The van der Waals surface area contributed by atoms with Crippen LogP contribution in [0.25, 0.3) is 5.69 Å². The molecule has 108 valence electrons. The van der Waals surface area contributed by atoms with E-state index in [2.05, 4.69) is 58.1 Å². The molecule has 0 amide bonds. The van der Waals surface area contributed by atoms with Gasteiger partial charge in [0.2, 0.25) is 0 Å². The average Bonchev–Trinajstić information content (AvgIpc) is 3.18. The number of hydrogen-bond acceptors (Lipinski definition) is 5. The highest BCUT2D eigenvalue weighted by atomic mass is 32.1. The summed E-state index contributed by atoms with van der Waals surface area (Å²) in [6.45, 7) is 5.07. The third-order valence-corrected chi connectivity index (χ3v) is 4.57. The first kappa shape index (κ1) is 13.8. The summed E-state index contributed by atoms with van der Waals surface area (Å²) >= 11 is 1.86. The van der Waals surface area contributed by atoms with Crippen molar-refractivity contribution in [3.05, 3.63) is 52.0 Å². The molecular weight excluding hydrogens is 282 g/mol. The van der Waals surface area contributed by atoms with Crippen LogP contribution in [0.4, 0.5) is 5.69 Å². The van der Waals surface area contributed by atoms with E-state index in [9.17, 15) is 0 Å². The molecule has 0 saturated carbocycles. The minimum atomic E-state index is 0.836. The molecule has 5 nitrogen and oxygen atoms in total. The molecule has 0 saturated heterocycles. The Hall–Kier alpha value is -2.21. The van der Waals surface area contributed by atoms with E-state index in [1.165, 1.54) is 9.75 Å². The number of nitrogens with zero attached hydrogens (tertiary/aromatic N) is 4. The lowest BCUT2D eigenvalue weighted by molar-refractivity contribution is 0.785. The zero-order valence-corrected chi connectivity index (χ0v) is 12.9. The highest BCUT2D eigenvalue weighted by molar-refractivity contribution is 7.12. The fraction of sp³-hybridized carbons (Fsp3) is 0.267. The Kier molecular flexibility index (Phi) is 3.96. The van der Waals surface area contributed by atoms with Crippen LogP contribution < -0.4 is 5.32 Å². The first-order chi connectivity index (χ1) is 10.3. The van der Waals surface area contributed by atoms with E-state index in [0.29, 0.717) is 0 Å². The zero-order valence-electron chi connectivity index (χ0n) is 12.1. The minimum Gasteiger partial charge on any atom is -0.380 e. The molecule has 0 aliphatic heterocycles. The lowest BCUT2D eigenvalue weighted by Gasteiger charge is -2.09. The summed E-state index contributed by atoms with van der Waals surface area (Å²) in [4.78, 5) is 2.77. The molecule has 2 heterocycles. The van der Waals surface area contributed by atoms with E-state index in [4.69, 9.17) is 0 Å². The van der Waals surface area contributed by atoms with Gasteiger partial charge in [-0.05, 0) is 53.6 Å². The Balaban J connectivity index is 1.75. The number of thiophene rings is 1. The Labute approximate surface area is 127 Å². The van der Waals surface area contributed by atoms with Gasteiger partial charge in [-0.2, -0.15) is 0 Å². The standard InChI is InChI=1S/C15H17N5S/c1-3-13-6-7-14(21-13)9-16-12-5-4-11(2)15(8-12)20-10-17-18-19-20/h4-8,10,16H,3,9H2,1-2H3. The quantitative estimate of drug-likeness (QED) is 0.786. The smallest absolute Gasteiger partial charge is 0.143 e. The lowest BCUT2D eigenvalue weighted by Crippen LogP contribution is -2.02. The van der Waals surface area contributed by atoms with Crippen molar-refractivity contribution in [2.75, 3.05) is 5.32 Å². The molecule has 3 aromatic rings. The van der Waals surface area contributed by atoms with Crippen LogP contribution >= 0.6 is 11.3 Å². The maximum Gasteiger partial charge on any atom is 0.143 e. The molecule has 0 fully saturated rings. The van der Waals surface area contributed by atoms with Crippen molar-refractivity contribution < 1.29 is 0 Å². The predicted octanol–water partition coefficient (Wildman–Crippen LogP) is 3.21. The largest absolute Gasteiger partial charge is 0.380 e. The number of aromatic nitrogens is 4. The molecule has 0 unspecified atom stereocenters. The van der Waals surface area contributed by atoms with Crippen LogP contribution in [0.1, 0.15) is 22.2 Å². The van der Waals surface area contributed by atoms with Gasteiger partial charge in [0.25, 0.3) is 0 Å². The Bertz CT molecular complexity index is 718. The van der Waals surface area contributed by atoms with Gasteiger partial charge in [0.15, 0.2) is 0 Å². The van der Waals surface area contributed by atoms with Gasteiger partial charge in [0.05, 0.1) is 5.69 Å². The van der Waals surface area contributed by atoms with Crippen molar-refractivity contribution in [1.29, 1.82) is 0 Å². The third-order valence-electron chi connectivity index (χ3n) is 3.34. The second-order valence-corrected chi connectivity index (χ2v) is 6.08. The van der Waals surface area contributed by atoms with E-state index < -0.39 is 0 Å². The van der Waals surface area contributed by atoms with Crippen molar-refractivity contribution in [2.45, 2.75) is 26.8 Å². The van der Waals surface area contributed by atoms with Crippen LogP contribution in [0.15, 0.2) is 36.7 Å². The van der Waals surface area contributed by atoms with E-state index >= 15 is 0 Å². The minimum absolute atomic E-state index is 0.836. The first-order valence-corrected chi connectivity index (χ1v) is 7.73. The van der Waals surface area contributed by atoms with Gasteiger partial charge >= 0.3 is 0 Å². The summed E-state index contributed by atoms with van der Waals surface area (Å²) in [5.74, 6) is 0. The van der Waals surface area contributed by atoms with Gasteiger partial charge in [-0.1, -0.05) is 13.0 Å². The molecule has 1 aromatic carbocycles. The molecule has 0 spiro atoms. The molecule has 21 heavy (non-hydrogen) atoms. The second-order valence-electron chi connectivity index (χ2n) is 4.83. The monoisotopic (exact) mass is 299 g/mol. The van der Waals surface area contributed by atoms with Gasteiger partial charge in [0, 0.05) is 22.0 Å². The van der Waals surface area contributed by atoms with Crippen molar-refractivity contribution in [2.24, 2.45) is 0 Å². The van der Waals surface area contributed by atoms with Gasteiger partial charge in [-0.25, -0.2) is 4.68 Å². The van der Waals surface area contributed by atoms with Crippen LogP contribution in [0.3, 0.4) is 0 Å². The van der Waals surface area contributed by atoms with Crippen molar-refractivity contribution in [3.63, 3.8) is 0 Å². The fourth-order valence-corrected chi connectivity index (χ4v) is 3.03. The van der Waals surface area contributed by atoms with Crippen LogP contribution in [0.5, 0.6) is 0 Å². The molecule has 0 aliphatic carbocycles. The molecule has 0 bridgehead atoms. The van der Waals surface area contributed by atoms with E-state index in [0.717, 1.165) is 29.9 Å². The van der Waals surface area contributed by atoms with Gasteiger partial charge in [0.1, 0.15) is 6.33 Å². The van der Waals surface area contributed by atoms with Crippen LogP contribution in [0, 0.1) is 6.92 Å². The molecule has 0 aliphatic rings. The highest BCUT2D eigenvalue weighted by Crippen LogP contribution is 2.21. The van der Waals surface area contributed by atoms with Crippen molar-refractivity contribution in [1.82, 2.24) is 20.2 Å². The van der Waals surface area contributed by atoms with Crippen LogP contribution in [0.2, 0.25) is 0 Å². The molecular formula is C15H17N5S. The molecule has 0 radical (unpaired) electrons. The Morgan fingerprint density at radius 2 is 2.05 bits per heavy atom. The van der Waals surface area contributed by atoms with Crippen molar-refractivity contribution in [3.8, 4) is 5.69 Å². The van der Waals surface area contributed by atoms with Gasteiger partial charge < -0.3 is 5.32 Å². The number of benzene rings is 1. The second kappa shape index (κ2) is 6.05. The molecule has 6 heteroatoms. The van der Waals surface area contributed by atoms with Gasteiger partial charge in [-0.15, -0.1) is 16.4 Å². The first-order valence-electron chi connectivity index (χ1n) is 6.91. The summed E-state index contributed by atoms with van der Waals surface area (Å²) in [7, 11) is 0. The SMILES string of the molecule is CCc1ccc(CNc2ccc(C)c(-n3cnnn3)c2)s1. The highest BCUT2D eigenvalue weighted by Gasteiger charge is 2.05. The summed E-state index contributed by atoms with van der Waals surface area (Å²) in [6, 6.07) is 10.6. The van der Waals surface area contributed by atoms with Crippen LogP contribution in [-0.4, -0.2) is 20.2 Å². The summed E-state index contributed by atoms with van der Waals surface area (Å²) in [5, 5.41) is 14.8. The molecule has 2 aromatic heterocycles. The zero-order chi connectivity index (χ0) is 14.7. The summed E-state index contributed by atoms with van der Waals surface area (Å²) in [5.41, 5.74) is 3.19. The topological polar surface area (TPSA) is 55.6 Å². The normalized spacial score (nSPS) is 10.8. The van der Waals surface area contributed by atoms with E-state index in [1.807, 2.05) is 18.3 Å².